The van der Waals surface area contributed by atoms with Gasteiger partial charge in [0, 0.05) is 11.8 Å². The maximum Gasteiger partial charge on any atom is 0.339 e. The number of para-hydroxylation sites is 2. The molecule has 0 heterocycles. The smallest absolute Gasteiger partial charge is 0.339 e. The molecule has 0 aliphatic heterocycles. The first-order valence-electron chi connectivity index (χ1n) is 12.1. The van der Waals surface area contributed by atoms with E-state index in [1.165, 1.54) is 42.5 Å². The van der Waals surface area contributed by atoms with Crippen molar-refractivity contribution < 1.29 is 30.0 Å². The highest BCUT2D eigenvalue weighted by Crippen LogP contribution is 2.29. The summed E-state index contributed by atoms with van der Waals surface area (Å²) in [5.41, 5.74) is 2.94. The summed E-state index contributed by atoms with van der Waals surface area (Å²) < 4.78 is 62.4. The van der Waals surface area contributed by atoms with Crippen LogP contribution in [0.25, 0.3) is 0 Å². The van der Waals surface area contributed by atoms with Gasteiger partial charge in [-0.05, 0) is 86.3 Å². The van der Waals surface area contributed by atoms with Crippen molar-refractivity contribution >= 4 is 37.6 Å². The van der Waals surface area contributed by atoms with Gasteiger partial charge in [-0.2, -0.15) is 16.8 Å². The lowest BCUT2D eigenvalue weighted by atomic mass is 10.2. The van der Waals surface area contributed by atoms with E-state index >= 15 is 0 Å². The van der Waals surface area contributed by atoms with E-state index in [1.54, 1.807) is 70.2 Å². The van der Waals surface area contributed by atoms with Crippen LogP contribution < -0.4 is 19.0 Å². The van der Waals surface area contributed by atoms with Crippen LogP contribution in [0.5, 0.6) is 11.5 Å². The first kappa shape index (κ1) is 28.7. The Morgan fingerprint density at radius 1 is 0.625 bits per heavy atom. The van der Waals surface area contributed by atoms with Gasteiger partial charge in [-0.15, -0.1) is 0 Å². The van der Waals surface area contributed by atoms with E-state index in [9.17, 15) is 21.6 Å². The van der Waals surface area contributed by atoms with Crippen molar-refractivity contribution in [2.75, 3.05) is 10.6 Å². The molecule has 0 saturated heterocycles. The Bertz CT molecular complexity index is 1800. The number of hydrogen-bond acceptors (Lipinski definition) is 7. The number of rotatable bonds is 8. The minimum atomic E-state index is -4.18. The van der Waals surface area contributed by atoms with E-state index in [0.29, 0.717) is 11.1 Å². The fourth-order valence-electron chi connectivity index (χ4n) is 3.84. The first-order chi connectivity index (χ1) is 18.8. The normalized spacial score (nSPS) is 11.5. The molecule has 0 fully saturated rings. The van der Waals surface area contributed by atoms with Gasteiger partial charge in [0.05, 0.1) is 5.69 Å². The summed E-state index contributed by atoms with van der Waals surface area (Å²) in [6.45, 7) is 6.90. The van der Waals surface area contributed by atoms with E-state index in [2.05, 4.69) is 10.6 Å². The largest absolute Gasteiger partial charge is 0.379 e. The number of hydrogen-bond donors (Lipinski definition) is 2. The van der Waals surface area contributed by atoms with Crippen LogP contribution in [0.2, 0.25) is 0 Å². The maximum atomic E-state index is 13.0. The number of aryl methyl sites for hydroxylation is 4. The second-order valence-corrected chi connectivity index (χ2v) is 12.2. The summed E-state index contributed by atoms with van der Waals surface area (Å²) in [6.07, 6.45) is 0. The molecule has 0 spiro atoms. The summed E-state index contributed by atoms with van der Waals surface area (Å²) >= 11 is 0. The summed E-state index contributed by atoms with van der Waals surface area (Å²) in [5.74, 6) is -0.0719. The fraction of sp³-hybridized carbons (Fsp3) is 0.138. The van der Waals surface area contributed by atoms with Crippen molar-refractivity contribution in [2.24, 2.45) is 0 Å². The molecule has 0 aliphatic rings. The molecule has 208 valence electrons. The molecule has 0 bridgehead atoms. The Labute approximate surface area is 234 Å². The molecule has 0 unspecified atom stereocenters. The van der Waals surface area contributed by atoms with Gasteiger partial charge in [-0.1, -0.05) is 42.5 Å². The van der Waals surface area contributed by atoms with Gasteiger partial charge >= 0.3 is 26.3 Å². The Morgan fingerprint density at radius 3 is 1.82 bits per heavy atom. The molecule has 4 aromatic rings. The van der Waals surface area contributed by atoms with E-state index in [4.69, 9.17) is 8.37 Å². The molecular formula is C29H28N2O7S2. The zero-order valence-electron chi connectivity index (χ0n) is 22.3. The van der Waals surface area contributed by atoms with Gasteiger partial charge in [0.1, 0.15) is 15.5 Å². The highest BCUT2D eigenvalue weighted by Gasteiger charge is 2.22. The van der Waals surface area contributed by atoms with E-state index < -0.39 is 26.3 Å². The summed E-state index contributed by atoms with van der Waals surface area (Å²) in [7, 11) is -8.29. The standard InChI is InChI=1S/C29H28N2O7S2/c1-19-12-14-21(3)27(16-19)39(33,34)37-24-9-7-8-23(18-24)30-29(32)31-25-10-5-6-11-26(25)38-40(35,36)28-17-20(2)13-15-22(28)4/h5-18H,1-4H3,(H2,30,31,32). The Morgan fingerprint density at radius 2 is 1.20 bits per heavy atom. The zero-order valence-corrected chi connectivity index (χ0v) is 23.9. The molecule has 4 aromatic carbocycles. The number of carbonyl (C=O) groups excluding carboxylic acids is 1. The van der Waals surface area contributed by atoms with Crippen LogP contribution >= 0.6 is 0 Å². The number of benzene rings is 4. The Balaban J connectivity index is 1.49. The van der Waals surface area contributed by atoms with Gasteiger partial charge in [0.15, 0.2) is 5.75 Å². The van der Waals surface area contributed by atoms with Gasteiger partial charge in [-0.25, -0.2) is 4.79 Å². The number of carbonyl (C=O) groups is 1. The highest BCUT2D eigenvalue weighted by molar-refractivity contribution is 7.87. The third-order valence-corrected chi connectivity index (χ3v) is 8.63. The first-order valence-corrected chi connectivity index (χ1v) is 15.0. The molecule has 0 atom stereocenters. The van der Waals surface area contributed by atoms with E-state index in [1.807, 2.05) is 0 Å². The van der Waals surface area contributed by atoms with Crippen LogP contribution in [0.1, 0.15) is 22.3 Å². The second kappa shape index (κ2) is 11.4. The summed E-state index contributed by atoms with van der Waals surface area (Å²) in [6, 6.07) is 21.3. The number of amides is 2. The highest BCUT2D eigenvalue weighted by atomic mass is 32.2. The zero-order chi connectivity index (χ0) is 29.1. The minimum absolute atomic E-state index is 0.00190. The molecule has 0 radical (unpaired) electrons. The van der Waals surface area contributed by atoms with Crippen LogP contribution in [-0.4, -0.2) is 22.9 Å². The van der Waals surface area contributed by atoms with Crippen molar-refractivity contribution in [1.82, 2.24) is 0 Å². The van der Waals surface area contributed by atoms with Gasteiger partial charge in [-0.3, -0.25) is 0 Å². The lowest BCUT2D eigenvalue weighted by molar-refractivity contribution is 0.262. The predicted molar refractivity (Wildman–Crippen MR) is 153 cm³/mol. The van der Waals surface area contributed by atoms with Crippen LogP contribution in [-0.2, 0) is 20.2 Å². The molecule has 0 aromatic heterocycles. The molecule has 9 nitrogen and oxygen atoms in total. The topological polar surface area (TPSA) is 128 Å². The lowest BCUT2D eigenvalue weighted by Crippen LogP contribution is -2.21. The third kappa shape index (κ3) is 6.80. The van der Waals surface area contributed by atoms with Crippen LogP contribution in [0.3, 0.4) is 0 Å². The maximum absolute atomic E-state index is 13.0. The minimum Gasteiger partial charge on any atom is -0.379 e. The Kier molecular flexibility index (Phi) is 8.17. The number of anilines is 2. The summed E-state index contributed by atoms with van der Waals surface area (Å²) in [4.78, 5) is 12.9. The molecule has 0 aliphatic carbocycles. The van der Waals surface area contributed by atoms with E-state index in [0.717, 1.165) is 11.1 Å². The molecular weight excluding hydrogens is 552 g/mol. The van der Waals surface area contributed by atoms with Gasteiger partial charge in [0.2, 0.25) is 0 Å². The van der Waals surface area contributed by atoms with Crippen molar-refractivity contribution in [3.63, 3.8) is 0 Å². The molecule has 11 heteroatoms. The molecule has 0 saturated carbocycles. The SMILES string of the molecule is Cc1ccc(C)c(S(=O)(=O)Oc2cccc(NC(=O)Nc3ccccc3OS(=O)(=O)c3cc(C)ccc3C)c2)c1. The van der Waals surface area contributed by atoms with Gasteiger partial charge < -0.3 is 19.0 Å². The monoisotopic (exact) mass is 580 g/mol. The van der Waals surface area contributed by atoms with Crippen LogP contribution in [0.15, 0.2) is 94.7 Å². The second-order valence-electron chi connectivity index (χ2n) is 9.22. The van der Waals surface area contributed by atoms with Crippen LogP contribution in [0.4, 0.5) is 16.2 Å². The molecule has 2 N–H and O–H groups in total. The average molecular weight is 581 g/mol. The lowest BCUT2D eigenvalue weighted by Gasteiger charge is -2.15. The third-order valence-electron chi connectivity index (χ3n) is 5.86. The fourth-order valence-corrected chi connectivity index (χ4v) is 6.34. The average Bonchev–Trinajstić information content (AvgIpc) is 2.87. The van der Waals surface area contributed by atoms with Crippen molar-refractivity contribution in [1.29, 1.82) is 0 Å². The summed E-state index contributed by atoms with van der Waals surface area (Å²) in [5, 5.41) is 5.15. The van der Waals surface area contributed by atoms with E-state index in [-0.39, 0.29) is 32.7 Å². The van der Waals surface area contributed by atoms with Crippen molar-refractivity contribution in [3.8, 4) is 11.5 Å². The van der Waals surface area contributed by atoms with Crippen molar-refractivity contribution in [3.05, 3.63) is 107 Å². The number of nitrogens with one attached hydrogen (secondary N) is 2. The molecule has 4 rings (SSSR count). The van der Waals surface area contributed by atoms with Crippen LogP contribution in [0, 0.1) is 27.7 Å². The molecule has 2 amide bonds. The Hall–Kier alpha value is -4.35. The number of urea groups is 1. The van der Waals surface area contributed by atoms with Gasteiger partial charge in [0.25, 0.3) is 0 Å². The predicted octanol–water partition coefficient (Wildman–Crippen LogP) is 6.10. The van der Waals surface area contributed by atoms with Crippen molar-refractivity contribution in [2.45, 2.75) is 37.5 Å². The quantitative estimate of drug-likeness (QED) is 0.241. The molecule has 40 heavy (non-hydrogen) atoms.